The van der Waals surface area contributed by atoms with Gasteiger partial charge in [-0.1, -0.05) is 0 Å². The van der Waals surface area contributed by atoms with E-state index in [1.807, 2.05) is 0 Å². The van der Waals surface area contributed by atoms with E-state index in [4.69, 9.17) is 5.73 Å². The van der Waals surface area contributed by atoms with Crippen LogP contribution < -0.4 is 11.1 Å². The van der Waals surface area contributed by atoms with E-state index in [9.17, 15) is 13.6 Å². The number of thioether (sulfide) groups is 1. The molecule has 1 amide bonds. The average Bonchev–Trinajstić information content (AvgIpc) is 2.79. The lowest BCUT2D eigenvalue weighted by Crippen LogP contribution is -2.52. The van der Waals surface area contributed by atoms with Crippen molar-refractivity contribution in [2.45, 2.75) is 34.9 Å². The minimum Gasteiger partial charge on any atom is -0.368 e. The monoisotopic (exact) mass is 286 g/mol. The van der Waals surface area contributed by atoms with Crippen LogP contribution in [0.1, 0.15) is 19.3 Å². The normalized spacial score (nSPS) is 26.6. The number of hydrogen-bond donors (Lipinski definition) is 2. The molecule has 2 rings (SSSR count). The van der Waals surface area contributed by atoms with E-state index in [-0.39, 0.29) is 11.2 Å². The summed E-state index contributed by atoms with van der Waals surface area (Å²) < 4.78 is 26.0. The van der Waals surface area contributed by atoms with Gasteiger partial charge in [0, 0.05) is 10.1 Å². The van der Waals surface area contributed by atoms with Crippen molar-refractivity contribution in [1.29, 1.82) is 0 Å². The molecule has 0 aliphatic heterocycles. The molecule has 1 aromatic rings. The van der Waals surface area contributed by atoms with Crippen LogP contribution in [-0.4, -0.2) is 23.7 Å². The fourth-order valence-electron chi connectivity index (χ4n) is 2.42. The highest BCUT2D eigenvalue weighted by molar-refractivity contribution is 8.00. The Kier molecular flexibility index (Phi) is 4.10. The summed E-state index contributed by atoms with van der Waals surface area (Å²) >= 11 is 1.45. The first-order valence-electron chi connectivity index (χ1n) is 6.07. The van der Waals surface area contributed by atoms with E-state index in [1.165, 1.54) is 17.8 Å². The Morgan fingerprint density at radius 1 is 1.47 bits per heavy atom. The molecule has 2 atom stereocenters. The van der Waals surface area contributed by atoms with Crippen molar-refractivity contribution >= 4 is 17.7 Å². The van der Waals surface area contributed by atoms with Crippen LogP contribution in [0.2, 0.25) is 0 Å². The van der Waals surface area contributed by atoms with Gasteiger partial charge in [0.15, 0.2) is 11.6 Å². The van der Waals surface area contributed by atoms with Crippen LogP contribution in [0.25, 0.3) is 0 Å². The molecule has 104 valence electrons. The predicted octanol–water partition coefficient (Wildman–Crippen LogP) is 2.05. The van der Waals surface area contributed by atoms with Gasteiger partial charge in [0.25, 0.3) is 0 Å². The number of amides is 1. The second kappa shape index (κ2) is 5.46. The first-order valence-corrected chi connectivity index (χ1v) is 6.95. The van der Waals surface area contributed by atoms with Gasteiger partial charge >= 0.3 is 0 Å². The predicted molar refractivity (Wildman–Crippen MR) is 70.8 cm³/mol. The highest BCUT2D eigenvalue weighted by Crippen LogP contribution is 2.40. The highest BCUT2D eigenvalue weighted by atomic mass is 32.2. The van der Waals surface area contributed by atoms with Crippen LogP contribution in [0, 0.1) is 11.6 Å². The van der Waals surface area contributed by atoms with Gasteiger partial charge < -0.3 is 11.1 Å². The molecule has 0 radical (unpaired) electrons. The molecule has 0 heterocycles. The topological polar surface area (TPSA) is 55.1 Å². The van der Waals surface area contributed by atoms with Gasteiger partial charge in [0.1, 0.15) is 0 Å². The molecule has 1 aromatic carbocycles. The van der Waals surface area contributed by atoms with Crippen molar-refractivity contribution in [2.75, 3.05) is 7.05 Å². The quantitative estimate of drug-likeness (QED) is 0.890. The number of nitrogens with two attached hydrogens (primary N) is 1. The summed E-state index contributed by atoms with van der Waals surface area (Å²) in [6.07, 6.45) is 2.08. The number of hydrogen-bond acceptors (Lipinski definition) is 3. The third-order valence-electron chi connectivity index (χ3n) is 3.61. The smallest absolute Gasteiger partial charge is 0.237 e. The fourth-order valence-corrected chi connectivity index (χ4v) is 3.72. The number of primary amides is 1. The van der Waals surface area contributed by atoms with Crippen molar-refractivity contribution in [3.63, 3.8) is 0 Å². The van der Waals surface area contributed by atoms with Crippen LogP contribution in [0.5, 0.6) is 0 Å². The zero-order chi connectivity index (χ0) is 14.0. The van der Waals surface area contributed by atoms with E-state index in [0.717, 1.165) is 12.5 Å². The first kappa shape index (κ1) is 14.3. The lowest BCUT2D eigenvalue weighted by atomic mass is 9.97. The Hall–Kier alpha value is -1.14. The molecule has 2 unspecified atom stereocenters. The largest absolute Gasteiger partial charge is 0.368 e. The number of halogens is 2. The van der Waals surface area contributed by atoms with Gasteiger partial charge in [-0.15, -0.1) is 11.8 Å². The van der Waals surface area contributed by atoms with Crippen molar-refractivity contribution < 1.29 is 13.6 Å². The fraction of sp³-hybridized carbons (Fsp3) is 0.462. The number of carbonyl (C=O) groups excluding carboxylic acids is 1. The van der Waals surface area contributed by atoms with Crippen LogP contribution >= 0.6 is 11.8 Å². The molecule has 0 aromatic heterocycles. The van der Waals surface area contributed by atoms with Crippen LogP contribution in [0.15, 0.2) is 23.1 Å². The number of nitrogens with one attached hydrogen (secondary N) is 1. The van der Waals surface area contributed by atoms with Crippen LogP contribution in [0.4, 0.5) is 8.78 Å². The molecular formula is C13H16F2N2OS. The lowest BCUT2D eigenvalue weighted by Gasteiger charge is -2.24. The summed E-state index contributed by atoms with van der Waals surface area (Å²) in [5.74, 6) is -2.06. The van der Waals surface area contributed by atoms with E-state index < -0.39 is 17.2 Å². The molecule has 19 heavy (non-hydrogen) atoms. The molecule has 1 saturated carbocycles. The maximum atomic E-state index is 13.1. The van der Waals surface area contributed by atoms with Crippen LogP contribution in [0.3, 0.4) is 0 Å². The number of likely N-dealkylation sites (N-methyl/N-ethyl adjacent to an activating group) is 1. The number of benzene rings is 1. The summed E-state index contributed by atoms with van der Waals surface area (Å²) in [5.41, 5.74) is 4.75. The Balaban J connectivity index is 2.05. The third kappa shape index (κ3) is 2.90. The first-order chi connectivity index (χ1) is 8.97. The maximum Gasteiger partial charge on any atom is 0.237 e. The Morgan fingerprint density at radius 3 is 2.74 bits per heavy atom. The van der Waals surface area contributed by atoms with Gasteiger partial charge in [-0.05, 0) is 44.5 Å². The third-order valence-corrected chi connectivity index (χ3v) is 4.88. The Labute approximate surface area is 114 Å². The number of carbonyl (C=O) groups is 1. The summed E-state index contributed by atoms with van der Waals surface area (Å²) in [6, 6.07) is 3.85. The van der Waals surface area contributed by atoms with Gasteiger partial charge in [-0.2, -0.15) is 0 Å². The second-order valence-corrected chi connectivity index (χ2v) is 6.13. The summed E-state index contributed by atoms with van der Waals surface area (Å²) in [5, 5.41) is 3.16. The van der Waals surface area contributed by atoms with Gasteiger partial charge in [-0.25, -0.2) is 8.78 Å². The average molecular weight is 286 g/mol. The van der Waals surface area contributed by atoms with Crippen LogP contribution in [-0.2, 0) is 4.79 Å². The molecule has 0 saturated heterocycles. The van der Waals surface area contributed by atoms with Crippen molar-refractivity contribution in [2.24, 2.45) is 5.73 Å². The summed E-state index contributed by atoms with van der Waals surface area (Å²) in [4.78, 5) is 12.2. The van der Waals surface area contributed by atoms with Gasteiger partial charge in [0.2, 0.25) is 5.91 Å². The minimum absolute atomic E-state index is 0.171. The summed E-state index contributed by atoms with van der Waals surface area (Å²) in [7, 11) is 1.72. The molecule has 0 spiro atoms. The van der Waals surface area contributed by atoms with Crippen molar-refractivity contribution in [1.82, 2.24) is 5.32 Å². The lowest BCUT2D eigenvalue weighted by molar-refractivity contribution is -0.124. The molecule has 1 aliphatic carbocycles. The van der Waals surface area contributed by atoms with E-state index in [2.05, 4.69) is 5.32 Å². The highest BCUT2D eigenvalue weighted by Gasteiger charge is 2.43. The molecular weight excluding hydrogens is 270 g/mol. The molecule has 6 heteroatoms. The zero-order valence-electron chi connectivity index (χ0n) is 10.6. The molecule has 3 N–H and O–H groups in total. The molecule has 1 aliphatic rings. The Bertz CT molecular complexity index is 498. The van der Waals surface area contributed by atoms with E-state index in [0.29, 0.717) is 17.7 Å². The molecule has 0 bridgehead atoms. The zero-order valence-corrected chi connectivity index (χ0v) is 11.4. The SMILES string of the molecule is CNC1(C(N)=O)CCC(Sc2ccc(F)c(F)c2)C1. The van der Waals surface area contributed by atoms with Crippen molar-refractivity contribution in [3.05, 3.63) is 29.8 Å². The summed E-state index contributed by atoms with van der Waals surface area (Å²) in [6.45, 7) is 0. The van der Waals surface area contributed by atoms with E-state index >= 15 is 0 Å². The molecule has 1 fully saturated rings. The van der Waals surface area contributed by atoms with E-state index in [1.54, 1.807) is 13.1 Å². The van der Waals surface area contributed by atoms with Gasteiger partial charge in [0.05, 0.1) is 5.54 Å². The standard InChI is InChI=1S/C13H16F2N2OS/c1-17-13(12(16)18)5-4-9(7-13)19-8-2-3-10(14)11(15)6-8/h2-3,6,9,17H,4-5,7H2,1H3,(H2,16,18). The van der Waals surface area contributed by atoms with Gasteiger partial charge in [-0.3, -0.25) is 4.79 Å². The van der Waals surface area contributed by atoms with Crippen molar-refractivity contribution in [3.8, 4) is 0 Å². The maximum absolute atomic E-state index is 13.1. The second-order valence-electron chi connectivity index (χ2n) is 4.75. The molecule has 3 nitrogen and oxygen atoms in total. The number of rotatable bonds is 4. The minimum atomic E-state index is -0.850. The Morgan fingerprint density at radius 2 is 2.21 bits per heavy atom.